The Labute approximate surface area is 168 Å². The van der Waals surface area contributed by atoms with E-state index < -0.39 is 11.8 Å². The van der Waals surface area contributed by atoms with E-state index in [0.717, 1.165) is 16.8 Å². The van der Waals surface area contributed by atoms with E-state index in [9.17, 15) is 9.59 Å². The van der Waals surface area contributed by atoms with E-state index in [1.807, 2.05) is 12.1 Å². The van der Waals surface area contributed by atoms with Crippen molar-refractivity contribution in [1.82, 2.24) is 4.90 Å². The minimum absolute atomic E-state index is 0.174. The van der Waals surface area contributed by atoms with Crippen LogP contribution in [0.2, 0.25) is 10.0 Å². The maximum absolute atomic E-state index is 12.6. The van der Waals surface area contributed by atoms with Crippen molar-refractivity contribution in [3.05, 3.63) is 50.7 Å². The average Bonchev–Trinajstić information content (AvgIpc) is 3.08. The highest BCUT2D eigenvalue weighted by atomic mass is 35.5. The molecule has 0 unspecified atom stereocenters. The summed E-state index contributed by atoms with van der Waals surface area (Å²) < 4.78 is 10.3. The molecule has 1 fully saturated rings. The van der Waals surface area contributed by atoms with Crippen molar-refractivity contribution in [3.8, 4) is 0 Å². The molecule has 3 rings (SSSR count). The molecule has 27 heavy (non-hydrogen) atoms. The van der Waals surface area contributed by atoms with Crippen LogP contribution in [0.3, 0.4) is 0 Å². The Kier molecular flexibility index (Phi) is 6.58. The number of ether oxygens (including phenoxy) is 2. The Hall–Kier alpha value is -1.82. The second-order valence-electron chi connectivity index (χ2n) is 6.31. The molecule has 2 aliphatic rings. The van der Waals surface area contributed by atoms with Crippen LogP contribution >= 0.6 is 23.2 Å². The minimum Gasteiger partial charge on any atom is -0.460 e. The van der Waals surface area contributed by atoms with Crippen LogP contribution in [-0.2, 0) is 19.1 Å². The average molecular weight is 410 g/mol. The van der Waals surface area contributed by atoms with Gasteiger partial charge in [-0.25, -0.2) is 4.79 Å². The van der Waals surface area contributed by atoms with Crippen LogP contribution in [0.1, 0.15) is 25.3 Å². The van der Waals surface area contributed by atoms with Gasteiger partial charge in [0.15, 0.2) is 0 Å². The van der Waals surface area contributed by atoms with Crippen LogP contribution < -0.4 is 0 Å². The predicted octanol–water partition coefficient (Wildman–Crippen LogP) is 3.89. The van der Waals surface area contributed by atoms with Gasteiger partial charge in [0.1, 0.15) is 0 Å². The van der Waals surface area contributed by atoms with Crippen molar-refractivity contribution in [2.75, 3.05) is 32.9 Å². The monoisotopic (exact) mass is 409 g/mol. The molecule has 0 saturated carbocycles. The van der Waals surface area contributed by atoms with Crippen LogP contribution in [-0.4, -0.2) is 49.6 Å². The molecule has 1 aliphatic heterocycles. The summed E-state index contributed by atoms with van der Waals surface area (Å²) in [7, 11) is 0. The lowest BCUT2D eigenvalue weighted by Crippen LogP contribution is -2.37. The first-order valence-corrected chi connectivity index (χ1v) is 9.70. The van der Waals surface area contributed by atoms with E-state index in [0.29, 0.717) is 54.8 Å². The molecule has 5 nitrogen and oxygen atoms in total. The number of nitrogens with zero attached hydrogens (tertiary/aromatic N) is 1. The van der Waals surface area contributed by atoms with E-state index in [4.69, 9.17) is 32.7 Å². The molecule has 0 N–H and O–H groups in total. The summed E-state index contributed by atoms with van der Waals surface area (Å²) in [5.41, 5.74) is 3.12. The van der Waals surface area contributed by atoms with Gasteiger partial charge in [-0.05, 0) is 49.1 Å². The summed E-state index contributed by atoms with van der Waals surface area (Å²) in [6.45, 7) is 4.36. The van der Waals surface area contributed by atoms with Gasteiger partial charge in [0.2, 0.25) is 0 Å². The molecule has 0 spiro atoms. The molecule has 0 atom stereocenters. The van der Waals surface area contributed by atoms with Crippen molar-refractivity contribution in [1.29, 1.82) is 0 Å². The molecule has 1 aromatic carbocycles. The minimum atomic E-state index is -0.802. The van der Waals surface area contributed by atoms with Crippen molar-refractivity contribution in [2.24, 2.45) is 0 Å². The third-order valence-corrected chi connectivity index (χ3v) is 5.15. The molecule has 1 aromatic rings. The molecule has 144 valence electrons. The number of benzene rings is 1. The number of carbonyl (C=O) groups excluding carboxylic acids is 2. The topological polar surface area (TPSA) is 55.8 Å². The molecule has 7 heteroatoms. The maximum Gasteiger partial charge on any atom is 0.379 e. The van der Waals surface area contributed by atoms with Gasteiger partial charge >= 0.3 is 5.97 Å². The number of morpholine rings is 1. The zero-order valence-corrected chi connectivity index (χ0v) is 16.6. The molecule has 0 radical (unpaired) electrons. The number of rotatable bonds is 5. The van der Waals surface area contributed by atoms with Gasteiger partial charge in [-0.2, -0.15) is 0 Å². The lowest BCUT2D eigenvalue weighted by atomic mass is 10.1. The van der Waals surface area contributed by atoms with Crippen molar-refractivity contribution in [3.63, 3.8) is 0 Å². The molecular weight excluding hydrogens is 389 g/mol. The fourth-order valence-corrected chi connectivity index (χ4v) is 3.82. The summed E-state index contributed by atoms with van der Waals surface area (Å²) in [6.07, 6.45) is 3.13. The SMILES string of the molecule is CCOC(=O)C(=O)C1=C(N2CCOCC2)/C(=C/c2ccc(Cl)cc2Cl)CC1. The van der Waals surface area contributed by atoms with Gasteiger partial charge in [0.05, 0.1) is 19.8 Å². The second kappa shape index (κ2) is 8.91. The van der Waals surface area contributed by atoms with Crippen LogP contribution in [0.5, 0.6) is 0 Å². The smallest absolute Gasteiger partial charge is 0.379 e. The van der Waals surface area contributed by atoms with Crippen LogP contribution in [0.25, 0.3) is 6.08 Å². The summed E-state index contributed by atoms with van der Waals surface area (Å²) in [5.74, 6) is -1.37. The molecule has 1 aliphatic carbocycles. The van der Waals surface area contributed by atoms with E-state index in [1.165, 1.54) is 0 Å². The Morgan fingerprint density at radius 1 is 1.22 bits per heavy atom. The standard InChI is InChI=1S/C20H21Cl2NO4/c1-2-27-20(25)19(24)16-6-4-14(18(16)23-7-9-26-10-8-23)11-13-3-5-15(21)12-17(13)22/h3,5,11-12H,2,4,6-10H2,1H3/b14-11+. The van der Waals surface area contributed by atoms with Gasteiger partial charge in [-0.3, -0.25) is 4.79 Å². The van der Waals surface area contributed by atoms with E-state index in [1.54, 1.807) is 19.1 Å². The van der Waals surface area contributed by atoms with E-state index in [-0.39, 0.29) is 6.61 Å². The molecule has 0 bridgehead atoms. The van der Waals surface area contributed by atoms with Crippen molar-refractivity contribution >= 4 is 41.0 Å². The summed E-state index contributed by atoms with van der Waals surface area (Å²) in [4.78, 5) is 26.8. The number of hydrogen-bond acceptors (Lipinski definition) is 5. The zero-order chi connectivity index (χ0) is 19.4. The second-order valence-corrected chi connectivity index (χ2v) is 7.16. The Morgan fingerprint density at radius 2 is 1.96 bits per heavy atom. The number of halogens is 2. The van der Waals surface area contributed by atoms with Crippen LogP contribution in [0.15, 0.2) is 35.0 Å². The molecule has 1 saturated heterocycles. The highest BCUT2D eigenvalue weighted by Crippen LogP contribution is 2.37. The van der Waals surface area contributed by atoms with Gasteiger partial charge < -0.3 is 14.4 Å². The summed E-state index contributed by atoms with van der Waals surface area (Å²) in [5, 5.41) is 1.11. The summed E-state index contributed by atoms with van der Waals surface area (Å²) >= 11 is 12.3. The van der Waals surface area contributed by atoms with Crippen LogP contribution in [0.4, 0.5) is 0 Å². The maximum atomic E-state index is 12.6. The van der Waals surface area contributed by atoms with E-state index >= 15 is 0 Å². The molecule has 0 aromatic heterocycles. The van der Waals surface area contributed by atoms with Gasteiger partial charge in [0, 0.05) is 34.4 Å². The third kappa shape index (κ3) is 4.54. The quantitative estimate of drug-likeness (QED) is 0.545. The van der Waals surface area contributed by atoms with Gasteiger partial charge in [0.25, 0.3) is 5.78 Å². The van der Waals surface area contributed by atoms with Crippen LogP contribution in [0, 0.1) is 0 Å². The Morgan fingerprint density at radius 3 is 2.63 bits per heavy atom. The third-order valence-electron chi connectivity index (χ3n) is 4.59. The Bertz CT molecular complexity index is 810. The largest absolute Gasteiger partial charge is 0.460 e. The number of hydrogen-bond donors (Lipinski definition) is 0. The first-order chi connectivity index (χ1) is 13.0. The van der Waals surface area contributed by atoms with Gasteiger partial charge in [-0.15, -0.1) is 0 Å². The van der Waals surface area contributed by atoms with Crippen molar-refractivity contribution < 1.29 is 19.1 Å². The fraction of sp³-hybridized carbons (Fsp3) is 0.400. The number of allylic oxidation sites excluding steroid dienone is 1. The first-order valence-electron chi connectivity index (χ1n) is 8.94. The lowest BCUT2D eigenvalue weighted by Gasteiger charge is -2.31. The number of esters is 1. The van der Waals surface area contributed by atoms with E-state index in [2.05, 4.69) is 4.90 Å². The molecule has 1 heterocycles. The van der Waals surface area contributed by atoms with Crippen molar-refractivity contribution in [2.45, 2.75) is 19.8 Å². The first kappa shape index (κ1) is 19.9. The predicted molar refractivity (Wildman–Crippen MR) is 105 cm³/mol. The molecular formula is C20H21Cl2NO4. The normalized spacial score (nSPS) is 18.9. The Balaban J connectivity index is 2.01. The number of ketones is 1. The highest BCUT2D eigenvalue weighted by Gasteiger charge is 2.33. The summed E-state index contributed by atoms with van der Waals surface area (Å²) in [6, 6.07) is 5.31. The van der Waals surface area contributed by atoms with Gasteiger partial charge in [-0.1, -0.05) is 29.3 Å². The fourth-order valence-electron chi connectivity index (χ4n) is 3.36. The number of carbonyl (C=O) groups is 2. The lowest BCUT2D eigenvalue weighted by molar-refractivity contribution is -0.151. The zero-order valence-electron chi connectivity index (χ0n) is 15.1. The number of Topliss-reactive ketones (excluding diaryl/α,β-unsaturated/α-hetero) is 1. The molecule has 0 amide bonds. The highest BCUT2D eigenvalue weighted by molar-refractivity contribution is 6.41.